The monoisotopic (exact) mass is 521 g/mol. The fraction of sp³-hybridized carbons (Fsp3) is 0.292. The average Bonchev–Trinajstić information content (AvgIpc) is 3.36. The van der Waals surface area contributed by atoms with Gasteiger partial charge in [0.1, 0.15) is 0 Å². The number of nitrogens with zero attached hydrogens (tertiary/aromatic N) is 3. The lowest BCUT2D eigenvalue weighted by atomic mass is 9.95. The van der Waals surface area contributed by atoms with Gasteiger partial charge in [0.15, 0.2) is 9.84 Å². The first-order chi connectivity index (χ1) is 17.0. The van der Waals surface area contributed by atoms with Gasteiger partial charge in [-0.25, -0.2) is 18.2 Å². The summed E-state index contributed by atoms with van der Waals surface area (Å²) in [7, 11) is -1.74. The van der Waals surface area contributed by atoms with Crippen molar-refractivity contribution in [2.24, 2.45) is 0 Å². The number of carboxylic acid groups (broad SMARTS) is 1. The lowest BCUT2D eigenvalue weighted by molar-refractivity contribution is -0.192. The van der Waals surface area contributed by atoms with Crippen LogP contribution in [0.25, 0.3) is 11.1 Å². The molecule has 2 aromatic heterocycles. The van der Waals surface area contributed by atoms with Crippen molar-refractivity contribution < 1.29 is 36.2 Å². The molecule has 0 spiro atoms. The largest absolute Gasteiger partial charge is 0.490 e. The molecule has 3 aromatic rings. The topological polar surface area (TPSA) is 110 Å². The molecule has 0 bridgehead atoms. The zero-order chi connectivity index (χ0) is 26.1. The van der Waals surface area contributed by atoms with Crippen molar-refractivity contribution in [2.75, 3.05) is 20.2 Å². The Kier molecular flexibility index (Phi) is 7.01. The van der Waals surface area contributed by atoms with E-state index in [-0.39, 0.29) is 5.92 Å². The molecule has 0 aliphatic carbocycles. The van der Waals surface area contributed by atoms with Crippen LogP contribution in [-0.2, 0) is 21.2 Å². The standard InChI is InChI=1S/C22H21N3O3S.C2HF3O2/c1-28-22-17(6-4-10-24-22)15-7-8-20-18(11-15)19-13-25(14-21(19)29(20,26)27)12-16-5-2-3-9-23-16;3-2(4,5)1(6)7/h2-11,19,21H,12-14H2,1H3;(H,6,7). The lowest BCUT2D eigenvalue weighted by Gasteiger charge is -2.17. The molecule has 2 atom stereocenters. The smallest absolute Gasteiger partial charge is 0.481 e. The third-order valence-corrected chi connectivity index (χ3v) is 8.35. The van der Waals surface area contributed by atoms with Gasteiger partial charge >= 0.3 is 12.1 Å². The average molecular weight is 522 g/mol. The molecule has 1 N–H and O–H groups in total. The minimum atomic E-state index is -5.08. The molecule has 2 aliphatic heterocycles. The van der Waals surface area contributed by atoms with E-state index < -0.39 is 27.2 Å². The van der Waals surface area contributed by atoms with Gasteiger partial charge < -0.3 is 9.84 Å². The second-order valence-electron chi connectivity index (χ2n) is 8.32. The molecule has 1 fully saturated rings. The molecule has 0 radical (unpaired) electrons. The molecule has 1 aromatic carbocycles. The molecule has 12 heteroatoms. The van der Waals surface area contributed by atoms with E-state index in [1.54, 1.807) is 25.6 Å². The van der Waals surface area contributed by atoms with Crippen LogP contribution < -0.4 is 4.74 Å². The number of ether oxygens (including phenoxy) is 1. The molecule has 0 saturated carbocycles. The lowest BCUT2D eigenvalue weighted by Crippen LogP contribution is -2.26. The fourth-order valence-electron chi connectivity index (χ4n) is 4.52. The van der Waals surface area contributed by atoms with E-state index in [0.717, 1.165) is 22.4 Å². The van der Waals surface area contributed by atoms with E-state index >= 15 is 0 Å². The molecule has 1 saturated heterocycles. The molecule has 36 heavy (non-hydrogen) atoms. The highest BCUT2D eigenvalue weighted by Crippen LogP contribution is 2.46. The summed E-state index contributed by atoms with van der Waals surface area (Å²) in [5.74, 6) is -2.25. The Morgan fingerprint density at radius 3 is 2.47 bits per heavy atom. The molecule has 4 heterocycles. The summed E-state index contributed by atoms with van der Waals surface area (Å²) in [6, 6.07) is 15.2. The number of halogens is 3. The summed E-state index contributed by atoms with van der Waals surface area (Å²) in [6.07, 6.45) is -1.63. The highest BCUT2D eigenvalue weighted by molar-refractivity contribution is 7.92. The highest BCUT2D eigenvalue weighted by atomic mass is 32.2. The number of fused-ring (bicyclic) bond motifs is 3. The maximum absolute atomic E-state index is 13.2. The Labute approximate surface area is 205 Å². The highest BCUT2D eigenvalue weighted by Gasteiger charge is 2.50. The number of alkyl halides is 3. The summed E-state index contributed by atoms with van der Waals surface area (Å²) >= 11 is 0. The SMILES string of the molecule is COc1ncccc1-c1ccc2c(c1)C1CN(Cc3ccccn3)CC1S2(=O)=O.O=C(O)C(F)(F)F. The number of pyridine rings is 2. The summed E-state index contributed by atoms with van der Waals surface area (Å²) < 4.78 is 63.4. The molecular weight excluding hydrogens is 499 g/mol. The Morgan fingerprint density at radius 2 is 1.83 bits per heavy atom. The molecule has 2 aliphatic rings. The van der Waals surface area contributed by atoms with Crippen LogP contribution in [-0.4, -0.2) is 66.0 Å². The van der Waals surface area contributed by atoms with Gasteiger partial charge in [0, 0.05) is 43.5 Å². The van der Waals surface area contributed by atoms with Gasteiger partial charge in [0.2, 0.25) is 5.88 Å². The Bertz CT molecular complexity index is 1370. The van der Waals surface area contributed by atoms with E-state index in [1.807, 2.05) is 42.5 Å². The maximum Gasteiger partial charge on any atom is 0.490 e. The molecule has 2 unspecified atom stereocenters. The predicted octanol–water partition coefficient (Wildman–Crippen LogP) is 3.54. The second kappa shape index (κ2) is 9.86. The zero-order valence-corrected chi connectivity index (χ0v) is 19.8. The van der Waals surface area contributed by atoms with Gasteiger partial charge in [-0.2, -0.15) is 13.2 Å². The van der Waals surface area contributed by atoms with Gasteiger partial charge in [0.25, 0.3) is 0 Å². The zero-order valence-electron chi connectivity index (χ0n) is 19.0. The van der Waals surface area contributed by atoms with Gasteiger partial charge in [-0.15, -0.1) is 0 Å². The Hall–Kier alpha value is -3.51. The third kappa shape index (κ3) is 5.05. The number of carbonyl (C=O) groups is 1. The van der Waals surface area contributed by atoms with Gasteiger partial charge in [-0.05, 0) is 47.5 Å². The van der Waals surface area contributed by atoms with Crippen molar-refractivity contribution in [1.29, 1.82) is 0 Å². The number of likely N-dealkylation sites (tertiary alicyclic amines) is 1. The number of aromatic nitrogens is 2. The van der Waals surface area contributed by atoms with Crippen LogP contribution in [0.5, 0.6) is 5.88 Å². The number of methoxy groups -OCH3 is 1. The summed E-state index contributed by atoms with van der Waals surface area (Å²) in [5.41, 5.74) is 3.65. The van der Waals surface area contributed by atoms with E-state index in [4.69, 9.17) is 14.6 Å². The number of rotatable bonds is 4. The summed E-state index contributed by atoms with van der Waals surface area (Å²) in [4.78, 5) is 20.2. The van der Waals surface area contributed by atoms with Crippen molar-refractivity contribution in [3.05, 3.63) is 72.2 Å². The Morgan fingerprint density at radius 1 is 1.11 bits per heavy atom. The number of benzene rings is 1. The number of hydrogen-bond donors (Lipinski definition) is 1. The predicted molar refractivity (Wildman–Crippen MR) is 123 cm³/mol. The first kappa shape index (κ1) is 25.6. The van der Waals surface area contributed by atoms with Crippen molar-refractivity contribution in [3.63, 3.8) is 0 Å². The molecular formula is C24H22F3N3O5S. The quantitative estimate of drug-likeness (QED) is 0.555. The summed E-state index contributed by atoms with van der Waals surface area (Å²) in [6.45, 7) is 1.90. The minimum Gasteiger partial charge on any atom is -0.481 e. The fourth-order valence-corrected chi connectivity index (χ4v) is 6.71. The summed E-state index contributed by atoms with van der Waals surface area (Å²) in [5, 5.41) is 6.73. The molecule has 0 amide bonds. The van der Waals surface area contributed by atoms with Crippen LogP contribution >= 0.6 is 0 Å². The van der Waals surface area contributed by atoms with E-state index in [9.17, 15) is 21.6 Å². The number of aliphatic carboxylic acids is 1. The van der Waals surface area contributed by atoms with Crippen LogP contribution in [0.4, 0.5) is 13.2 Å². The van der Waals surface area contributed by atoms with E-state index in [1.165, 1.54) is 0 Å². The normalized spacial score (nSPS) is 20.1. The van der Waals surface area contributed by atoms with Crippen molar-refractivity contribution >= 4 is 15.8 Å². The molecule has 190 valence electrons. The molecule has 8 nitrogen and oxygen atoms in total. The second-order valence-corrected chi connectivity index (χ2v) is 10.5. The van der Waals surface area contributed by atoms with Crippen molar-refractivity contribution in [1.82, 2.24) is 14.9 Å². The van der Waals surface area contributed by atoms with E-state index in [2.05, 4.69) is 14.9 Å². The van der Waals surface area contributed by atoms with Gasteiger partial charge in [0.05, 0.1) is 22.9 Å². The van der Waals surface area contributed by atoms with Gasteiger partial charge in [-0.1, -0.05) is 12.1 Å². The van der Waals surface area contributed by atoms with Crippen molar-refractivity contribution in [2.45, 2.75) is 28.8 Å². The third-order valence-electron chi connectivity index (χ3n) is 6.09. The minimum absolute atomic E-state index is 0.0265. The first-order valence-corrected chi connectivity index (χ1v) is 12.4. The number of hydrogen-bond acceptors (Lipinski definition) is 7. The van der Waals surface area contributed by atoms with Gasteiger partial charge in [-0.3, -0.25) is 9.88 Å². The van der Waals surface area contributed by atoms with Crippen LogP contribution in [0.15, 0.2) is 65.8 Å². The number of sulfone groups is 1. The molecule has 5 rings (SSSR count). The van der Waals surface area contributed by atoms with Crippen LogP contribution in [0.2, 0.25) is 0 Å². The van der Waals surface area contributed by atoms with Crippen molar-refractivity contribution in [3.8, 4) is 17.0 Å². The van der Waals surface area contributed by atoms with Crippen LogP contribution in [0.3, 0.4) is 0 Å². The van der Waals surface area contributed by atoms with Crippen LogP contribution in [0, 0.1) is 0 Å². The van der Waals surface area contributed by atoms with E-state index in [0.29, 0.717) is 30.4 Å². The maximum atomic E-state index is 13.2. The van der Waals surface area contributed by atoms with Crippen LogP contribution in [0.1, 0.15) is 17.2 Å². The first-order valence-electron chi connectivity index (χ1n) is 10.8. The number of carboxylic acids is 1. The Balaban J connectivity index is 0.000000384.